The third kappa shape index (κ3) is 5.85. The number of para-hydroxylation sites is 1. The second-order valence-electron chi connectivity index (χ2n) is 10.2. The van der Waals surface area contributed by atoms with Crippen LogP contribution in [0.25, 0.3) is 0 Å². The number of aliphatic hydroxyl groups excluding tert-OH is 1. The van der Waals surface area contributed by atoms with E-state index in [9.17, 15) is 14.7 Å². The molecule has 2 aliphatic rings. The van der Waals surface area contributed by atoms with Crippen molar-refractivity contribution in [2.45, 2.75) is 32.5 Å². The van der Waals surface area contributed by atoms with E-state index in [1.54, 1.807) is 23.1 Å². The summed E-state index contributed by atoms with van der Waals surface area (Å²) < 4.78 is 17.5. The number of aromatic nitrogens is 2. The predicted molar refractivity (Wildman–Crippen MR) is 146 cm³/mol. The molecular formula is C29H33N5O6. The molecule has 11 nitrogen and oxygen atoms in total. The third-order valence-corrected chi connectivity index (χ3v) is 7.12. The van der Waals surface area contributed by atoms with Crippen molar-refractivity contribution in [3.05, 3.63) is 71.8 Å². The first-order valence-corrected chi connectivity index (χ1v) is 13.2. The van der Waals surface area contributed by atoms with Crippen LogP contribution in [0.15, 0.2) is 55.0 Å². The predicted octanol–water partition coefficient (Wildman–Crippen LogP) is 2.81. The summed E-state index contributed by atoms with van der Waals surface area (Å²) in [7, 11) is 2.00. The molecule has 210 valence electrons. The number of aliphatic hydroxyl groups is 1. The van der Waals surface area contributed by atoms with Gasteiger partial charge in [0, 0.05) is 37.9 Å². The number of carbonyl (C=O) groups is 2. The Morgan fingerprint density at radius 1 is 1.23 bits per heavy atom. The Morgan fingerprint density at radius 3 is 2.83 bits per heavy atom. The Hall–Kier alpha value is -4.22. The molecule has 3 aromatic rings. The van der Waals surface area contributed by atoms with Gasteiger partial charge < -0.3 is 29.5 Å². The molecule has 0 bridgehead atoms. The Balaban J connectivity index is 1.43. The van der Waals surface area contributed by atoms with Gasteiger partial charge in [0.15, 0.2) is 17.2 Å². The fourth-order valence-corrected chi connectivity index (χ4v) is 4.89. The zero-order valence-electron chi connectivity index (χ0n) is 22.7. The molecule has 0 unspecified atom stereocenters. The number of amides is 2. The average molecular weight is 548 g/mol. The van der Waals surface area contributed by atoms with E-state index in [1.165, 1.54) is 18.6 Å². The van der Waals surface area contributed by atoms with Gasteiger partial charge in [0.05, 0.1) is 30.1 Å². The molecule has 0 aliphatic carbocycles. The fraction of sp³-hybridized carbons (Fsp3) is 0.379. The second-order valence-corrected chi connectivity index (χ2v) is 10.2. The standard InChI is InChI=1S/C29H33N5O6/c1-18-13-34(19(2)16-35)29(37)21-5-4-6-22(32-28(36)23-12-30-9-10-31-23)27(21)40-26(18)15-33(3)14-20-7-8-24-25(11-20)39-17-38-24/h4-12,18-19,26,35H,13-17H2,1-3H3,(H,32,36)/t18-,19-,26+/m1/s1. The molecule has 0 fully saturated rings. The Morgan fingerprint density at radius 2 is 2.05 bits per heavy atom. The molecule has 0 saturated heterocycles. The van der Waals surface area contributed by atoms with Crippen molar-refractivity contribution in [1.29, 1.82) is 0 Å². The highest BCUT2D eigenvalue weighted by atomic mass is 16.7. The van der Waals surface area contributed by atoms with Crippen molar-refractivity contribution in [3.63, 3.8) is 0 Å². The highest BCUT2D eigenvalue weighted by Gasteiger charge is 2.34. The van der Waals surface area contributed by atoms with E-state index in [0.717, 1.165) is 17.1 Å². The molecule has 2 N–H and O–H groups in total. The number of rotatable bonds is 8. The maximum atomic E-state index is 13.7. The van der Waals surface area contributed by atoms with Gasteiger partial charge in [-0.2, -0.15) is 0 Å². The summed E-state index contributed by atoms with van der Waals surface area (Å²) in [5, 5.41) is 12.8. The van der Waals surface area contributed by atoms with Crippen LogP contribution in [0.2, 0.25) is 0 Å². The topological polar surface area (TPSA) is 126 Å². The summed E-state index contributed by atoms with van der Waals surface area (Å²) >= 11 is 0. The van der Waals surface area contributed by atoms with Gasteiger partial charge in [0.2, 0.25) is 6.79 Å². The largest absolute Gasteiger partial charge is 0.486 e. The number of nitrogens with one attached hydrogen (secondary N) is 1. The number of nitrogens with zero attached hydrogens (tertiary/aromatic N) is 4. The molecule has 2 aliphatic heterocycles. The van der Waals surface area contributed by atoms with Gasteiger partial charge >= 0.3 is 0 Å². The molecule has 3 heterocycles. The minimum absolute atomic E-state index is 0.0888. The van der Waals surface area contributed by atoms with Gasteiger partial charge in [-0.25, -0.2) is 4.98 Å². The highest BCUT2D eigenvalue weighted by Crippen LogP contribution is 2.36. The van der Waals surface area contributed by atoms with E-state index in [-0.39, 0.29) is 42.8 Å². The molecule has 0 radical (unpaired) electrons. The average Bonchev–Trinajstić information content (AvgIpc) is 3.43. The molecule has 3 atom stereocenters. The zero-order valence-corrected chi connectivity index (χ0v) is 22.7. The van der Waals surface area contributed by atoms with Crippen LogP contribution in [0.4, 0.5) is 5.69 Å². The monoisotopic (exact) mass is 547 g/mol. The normalized spacial score (nSPS) is 18.9. The maximum absolute atomic E-state index is 13.7. The Bertz CT molecular complexity index is 1370. The summed E-state index contributed by atoms with van der Waals surface area (Å²) in [6, 6.07) is 10.6. The van der Waals surface area contributed by atoms with Crippen molar-refractivity contribution in [2.75, 3.05) is 38.9 Å². The Kier molecular flexibility index (Phi) is 8.13. The molecule has 2 amide bonds. The SMILES string of the molecule is C[C@@H]1CN([C@H](C)CO)C(=O)c2cccc(NC(=O)c3cnccn3)c2O[C@H]1CN(C)Cc1ccc2c(c1)OCO2. The summed E-state index contributed by atoms with van der Waals surface area (Å²) in [6.45, 7) is 5.46. The van der Waals surface area contributed by atoms with Gasteiger partial charge in [-0.1, -0.05) is 19.1 Å². The van der Waals surface area contributed by atoms with E-state index in [1.807, 2.05) is 39.1 Å². The minimum Gasteiger partial charge on any atom is -0.486 e. The van der Waals surface area contributed by atoms with Crippen molar-refractivity contribution in [2.24, 2.45) is 5.92 Å². The maximum Gasteiger partial charge on any atom is 0.275 e. The van der Waals surface area contributed by atoms with Crippen LogP contribution in [0, 0.1) is 5.92 Å². The fourth-order valence-electron chi connectivity index (χ4n) is 4.89. The molecule has 0 spiro atoms. The van der Waals surface area contributed by atoms with Crippen molar-refractivity contribution in [3.8, 4) is 17.2 Å². The van der Waals surface area contributed by atoms with Crippen molar-refractivity contribution < 1.29 is 28.9 Å². The lowest BCUT2D eigenvalue weighted by atomic mass is 9.98. The first-order valence-electron chi connectivity index (χ1n) is 13.2. The highest BCUT2D eigenvalue weighted by molar-refractivity contribution is 6.06. The molecule has 40 heavy (non-hydrogen) atoms. The first-order chi connectivity index (χ1) is 19.3. The first kappa shape index (κ1) is 27.4. The van der Waals surface area contributed by atoms with Crippen molar-refractivity contribution >= 4 is 17.5 Å². The van der Waals surface area contributed by atoms with Gasteiger partial charge in [-0.15, -0.1) is 0 Å². The number of anilines is 1. The Labute approximate surface area is 232 Å². The minimum atomic E-state index is -0.468. The van der Waals surface area contributed by atoms with Crippen LogP contribution in [0.3, 0.4) is 0 Å². The number of benzene rings is 2. The van der Waals surface area contributed by atoms with Gasteiger partial charge in [0.1, 0.15) is 11.8 Å². The number of fused-ring (bicyclic) bond motifs is 2. The zero-order chi connectivity index (χ0) is 28.2. The van der Waals surface area contributed by atoms with Gasteiger partial charge in [-0.05, 0) is 43.8 Å². The van der Waals surface area contributed by atoms with Crippen LogP contribution in [-0.2, 0) is 6.54 Å². The van der Waals surface area contributed by atoms with E-state index in [4.69, 9.17) is 14.2 Å². The summed E-state index contributed by atoms with van der Waals surface area (Å²) in [6.07, 6.45) is 3.95. The van der Waals surface area contributed by atoms with Gasteiger partial charge in [-0.3, -0.25) is 19.5 Å². The van der Waals surface area contributed by atoms with E-state index in [0.29, 0.717) is 30.9 Å². The lowest BCUT2D eigenvalue weighted by molar-refractivity contribution is 0.0343. The molecule has 11 heteroatoms. The summed E-state index contributed by atoms with van der Waals surface area (Å²) in [4.78, 5) is 38.5. The van der Waals surface area contributed by atoms with Gasteiger partial charge in [0.25, 0.3) is 11.8 Å². The lowest BCUT2D eigenvalue weighted by Crippen LogP contribution is -2.49. The molecule has 1 aromatic heterocycles. The summed E-state index contributed by atoms with van der Waals surface area (Å²) in [5.74, 6) is 0.919. The number of carbonyl (C=O) groups excluding carboxylic acids is 2. The molecular weight excluding hydrogens is 514 g/mol. The van der Waals surface area contributed by atoms with E-state index in [2.05, 4.69) is 20.2 Å². The van der Waals surface area contributed by atoms with Crippen LogP contribution in [-0.4, -0.2) is 82.4 Å². The number of hydrogen-bond acceptors (Lipinski definition) is 9. The van der Waals surface area contributed by atoms with E-state index < -0.39 is 11.9 Å². The number of ether oxygens (including phenoxy) is 3. The number of hydrogen-bond donors (Lipinski definition) is 2. The van der Waals surface area contributed by atoms with E-state index >= 15 is 0 Å². The quantitative estimate of drug-likeness (QED) is 0.438. The van der Waals surface area contributed by atoms with Crippen LogP contribution in [0.1, 0.15) is 40.3 Å². The second kappa shape index (κ2) is 11.9. The molecule has 0 saturated carbocycles. The smallest absolute Gasteiger partial charge is 0.275 e. The third-order valence-electron chi connectivity index (χ3n) is 7.12. The van der Waals surface area contributed by atoms with Crippen LogP contribution >= 0.6 is 0 Å². The van der Waals surface area contributed by atoms with Crippen LogP contribution in [0.5, 0.6) is 17.2 Å². The van der Waals surface area contributed by atoms with Crippen LogP contribution < -0.4 is 19.5 Å². The molecule has 5 rings (SSSR count). The summed E-state index contributed by atoms with van der Waals surface area (Å²) in [5.41, 5.74) is 1.87. The molecule has 2 aromatic carbocycles. The van der Waals surface area contributed by atoms with Crippen molar-refractivity contribution in [1.82, 2.24) is 19.8 Å². The number of likely N-dealkylation sites (N-methyl/N-ethyl adjacent to an activating group) is 1. The lowest BCUT2D eigenvalue weighted by Gasteiger charge is -2.38.